The van der Waals surface area contributed by atoms with Gasteiger partial charge in [0.1, 0.15) is 5.75 Å². The molecule has 1 N–H and O–H groups in total. The molecule has 0 spiro atoms. The van der Waals surface area contributed by atoms with Crippen LogP contribution >= 0.6 is 0 Å². The molecule has 1 atom stereocenters. The number of carbonyl (C=O) groups is 3. The number of unbranched alkanes of at least 4 members (excludes halogenated alkanes) is 1. The third-order valence-electron chi connectivity index (χ3n) is 6.07. The van der Waals surface area contributed by atoms with Crippen LogP contribution in [0.1, 0.15) is 72.1 Å². The summed E-state index contributed by atoms with van der Waals surface area (Å²) in [5, 5.41) is 9.87. The topological polar surface area (TPSA) is 77.9 Å². The van der Waals surface area contributed by atoms with Crippen LogP contribution in [0.2, 0.25) is 0 Å². The highest BCUT2D eigenvalue weighted by Crippen LogP contribution is 2.35. The fraction of sp³-hybridized carbons (Fsp3) is 0.500. The Morgan fingerprint density at radius 3 is 2.75 bits per heavy atom. The first kappa shape index (κ1) is 18.7. The van der Waals surface area contributed by atoms with E-state index in [-0.39, 0.29) is 35.2 Å². The molecule has 3 aliphatic rings. The van der Waals surface area contributed by atoms with Crippen molar-refractivity contribution in [1.29, 1.82) is 0 Å². The molecule has 0 radical (unpaired) electrons. The highest BCUT2D eigenvalue weighted by molar-refractivity contribution is 6.22. The van der Waals surface area contributed by atoms with Crippen LogP contribution in [0.3, 0.4) is 0 Å². The molecule has 4 rings (SSSR count). The minimum atomic E-state index is -0.448. The van der Waals surface area contributed by atoms with Gasteiger partial charge >= 0.3 is 0 Å². The molecule has 28 heavy (non-hydrogen) atoms. The molecule has 2 aliphatic heterocycles. The van der Waals surface area contributed by atoms with E-state index < -0.39 is 5.91 Å². The van der Waals surface area contributed by atoms with Crippen LogP contribution in [0.15, 0.2) is 30.0 Å². The number of carbonyl (C=O) groups excluding carboxylic acids is 3. The summed E-state index contributed by atoms with van der Waals surface area (Å²) in [6, 6.07) is 4.54. The summed E-state index contributed by atoms with van der Waals surface area (Å²) in [5.74, 6) is -0.284. The van der Waals surface area contributed by atoms with Gasteiger partial charge in [0.05, 0.1) is 11.1 Å². The molecular formula is C22H26N2O4. The van der Waals surface area contributed by atoms with Crippen LogP contribution in [0.4, 0.5) is 0 Å². The lowest BCUT2D eigenvalue weighted by Crippen LogP contribution is -2.39. The quantitative estimate of drug-likeness (QED) is 0.625. The van der Waals surface area contributed by atoms with E-state index in [1.807, 2.05) is 4.90 Å². The molecule has 0 aromatic heterocycles. The minimum Gasteiger partial charge on any atom is -0.507 e. The maximum atomic E-state index is 12.7. The zero-order chi connectivity index (χ0) is 19.7. The van der Waals surface area contributed by atoms with Crippen LogP contribution in [-0.2, 0) is 4.79 Å². The second-order valence-corrected chi connectivity index (χ2v) is 7.86. The Balaban J connectivity index is 1.30. The van der Waals surface area contributed by atoms with Gasteiger partial charge in [-0.3, -0.25) is 19.3 Å². The Morgan fingerprint density at radius 2 is 1.93 bits per heavy atom. The number of phenols is 1. The Morgan fingerprint density at radius 1 is 1.11 bits per heavy atom. The van der Waals surface area contributed by atoms with Gasteiger partial charge in [-0.2, -0.15) is 0 Å². The van der Waals surface area contributed by atoms with E-state index in [9.17, 15) is 19.5 Å². The van der Waals surface area contributed by atoms with Gasteiger partial charge < -0.3 is 10.0 Å². The highest BCUT2D eigenvalue weighted by Gasteiger charge is 2.37. The number of fused-ring (bicyclic) bond motifs is 2. The van der Waals surface area contributed by atoms with Crippen molar-refractivity contribution < 1.29 is 19.5 Å². The predicted octanol–water partition coefficient (Wildman–Crippen LogP) is 3.46. The summed E-state index contributed by atoms with van der Waals surface area (Å²) in [5.41, 5.74) is 1.56. The van der Waals surface area contributed by atoms with E-state index in [0.29, 0.717) is 25.2 Å². The predicted molar refractivity (Wildman–Crippen MR) is 104 cm³/mol. The number of benzene rings is 1. The average molecular weight is 382 g/mol. The number of nitrogens with zero attached hydrogens (tertiary/aromatic N) is 2. The molecule has 1 saturated heterocycles. The van der Waals surface area contributed by atoms with E-state index in [2.05, 4.69) is 6.08 Å². The van der Waals surface area contributed by atoms with Crippen molar-refractivity contribution in [2.45, 2.75) is 51.4 Å². The molecule has 148 valence electrons. The lowest BCUT2D eigenvalue weighted by Gasteiger charge is -2.38. The molecule has 0 bridgehead atoms. The first-order chi connectivity index (χ1) is 13.6. The summed E-state index contributed by atoms with van der Waals surface area (Å²) in [6.07, 6.45) is 9.57. The first-order valence-corrected chi connectivity index (χ1v) is 10.3. The molecule has 1 aromatic carbocycles. The van der Waals surface area contributed by atoms with Crippen LogP contribution in [0.25, 0.3) is 0 Å². The van der Waals surface area contributed by atoms with E-state index in [0.717, 1.165) is 19.4 Å². The number of rotatable bonds is 5. The maximum Gasteiger partial charge on any atom is 0.265 e. The van der Waals surface area contributed by atoms with Crippen molar-refractivity contribution in [1.82, 2.24) is 9.80 Å². The largest absolute Gasteiger partial charge is 0.507 e. The summed E-state index contributed by atoms with van der Waals surface area (Å²) in [7, 11) is 0. The number of hydrogen-bond donors (Lipinski definition) is 1. The molecule has 3 amide bonds. The number of imide groups is 1. The Kier molecular flexibility index (Phi) is 5.20. The third kappa shape index (κ3) is 3.32. The molecule has 1 aliphatic carbocycles. The summed E-state index contributed by atoms with van der Waals surface area (Å²) in [4.78, 5) is 40.7. The van der Waals surface area contributed by atoms with Gasteiger partial charge in [0, 0.05) is 25.2 Å². The monoisotopic (exact) mass is 382 g/mol. The standard InChI is InChI=1S/C22H26N2O4/c25-18-11-5-9-16-20(18)22(28)24(21(16)27)13-4-3-12-19(26)23-14-6-8-15-7-1-2-10-17(15)23/h5,9-11,15,25H,1-4,6-8,12-14H2. The zero-order valence-corrected chi connectivity index (χ0v) is 16.0. The van der Waals surface area contributed by atoms with Crippen molar-refractivity contribution in [3.8, 4) is 5.75 Å². The molecule has 6 nitrogen and oxygen atoms in total. The lowest BCUT2D eigenvalue weighted by molar-refractivity contribution is -0.130. The number of phenolic OH excluding ortho intramolecular Hbond substituents is 1. The lowest BCUT2D eigenvalue weighted by atomic mass is 9.85. The number of allylic oxidation sites excluding steroid dienone is 2. The van der Waals surface area contributed by atoms with Crippen molar-refractivity contribution in [3.63, 3.8) is 0 Å². The summed E-state index contributed by atoms with van der Waals surface area (Å²) >= 11 is 0. The Hall–Kier alpha value is -2.63. The van der Waals surface area contributed by atoms with Gasteiger partial charge in [-0.25, -0.2) is 0 Å². The fourth-order valence-electron chi connectivity index (χ4n) is 4.65. The maximum absolute atomic E-state index is 12.7. The smallest absolute Gasteiger partial charge is 0.265 e. The van der Waals surface area contributed by atoms with Crippen molar-refractivity contribution in [2.24, 2.45) is 5.92 Å². The highest BCUT2D eigenvalue weighted by atomic mass is 16.3. The van der Waals surface area contributed by atoms with Gasteiger partial charge in [0.2, 0.25) is 5.91 Å². The molecule has 1 aromatic rings. The van der Waals surface area contributed by atoms with Gasteiger partial charge in [0.15, 0.2) is 0 Å². The van der Waals surface area contributed by atoms with Gasteiger partial charge in [-0.1, -0.05) is 12.1 Å². The number of aromatic hydroxyl groups is 1. The minimum absolute atomic E-state index is 0.0900. The van der Waals surface area contributed by atoms with Crippen molar-refractivity contribution in [2.75, 3.05) is 13.1 Å². The molecule has 1 fully saturated rings. The first-order valence-electron chi connectivity index (χ1n) is 10.3. The van der Waals surface area contributed by atoms with Gasteiger partial charge in [-0.05, 0) is 63.0 Å². The normalized spacial score (nSPS) is 21.4. The SMILES string of the molecule is O=C(CCCCN1C(=O)c2cccc(O)c2C1=O)N1CCCC2CCCC=C21. The second-order valence-electron chi connectivity index (χ2n) is 7.86. The summed E-state index contributed by atoms with van der Waals surface area (Å²) < 4.78 is 0. The second kappa shape index (κ2) is 7.78. The zero-order valence-electron chi connectivity index (χ0n) is 16.0. The Bertz CT molecular complexity index is 845. The molecular weight excluding hydrogens is 356 g/mol. The van der Waals surface area contributed by atoms with Crippen molar-refractivity contribution in [3.05, 3.63) is 41.1 Å². The summed E-state index contributed by atoms with van der Waals surface area (Å²) in [6.45, 7) is 1.07. The van der Waals surface area contributed by atoms with Crippen LogP contribution in [-0.4, -0.2) is 45.7 Å². The van der Waals surface area contributed by atoms with Gasteiger partial charge in [0.25, 0.3) is 11.8 Å². The van der Waals surface area contributed by atoms with E-state index >= 15 is 0 Å². The molecule has 6 heteroatoms. The molecule has 1 unspecified atom stereocenters. The van der Waals surface area contributed by atoms with E-state index in [1.165, 1.54) is 35.9 Å². The average Bonchev–Trinajstić information content (AvgIpc) is 2.96. The third-order valence-corrected chi connectivity index (χ3v) is 6.07. The Labute approximate surface area is 164 Å². The number of amides is 3. The van der Waals surface area contributed by atoms with Crippen molar-refractivity contribution >= 4 is 17.7 Å². The number of likely N-dealkylation sites (tertiary alicyclic amines) is 1. The van der Waals surface area contributed by atoms with Crippen LogP contribution in [0, 0.1) is 5.92 Å². The van der Waals surface area contributed by atoms with Crippen LogP contribution < -0.4 is 0 Å². The van der Waals surface area contributed by atoms with E-state index in [4.69, 9.17) is 0 Å². The van der Waals surface area contributed by atoms with Crippen LogP contribution in [0.5, 0.6) is 5.75 Å². The van der Waals surface area contributed by atoms with Gasteiger partial charge in [-0.15, -0.1) is 0 Å². The molecule has 0 saturated carbocycles. The molecule has 2 heterocycles. The number of piperidine rings is 1. The van der Waals surface area contributed by atoms with E-state index in [1.54, 1.807) is 12.1 Å². The number of hydrogen-bond acceptors (Lipinski definition) is 4. The fourth-order valence-corrected chi connectivity index (χ4v) is 4.65.